The Labute approximate surface area is 170 Å². The monoisotopic (exact) mass is 406 g/mol. The normalized spacial score (nSPS) is 18.2. The number of nitrogens with zero attached hydrogens (tertiary/aromatic N) is 1. The van der Waals surface area contributed by atoms with Crippen LogP contribution in [0.5, 0.6) is 0 Å². The third-order valence-electron chi connectivity index (χ3n) is 5.66. The van der Waals surface area contributed by atoms with Crippen molar-refractivity contribution < 1.29 is 18.0 Å². The van der Waals surface area contributed by atoms with Crippen LogP contribution in [0.2, 0.25) is 0 Å². The molecule has 1 fully saturated rings. The highest BCUT2D eigenvalue weighted by atomic mass is 19.4. The minimum Gasteiger partial charge on any atom is -0.287 e. The van der Waals surface area contributed by atoms with Gasteiger partial charge >= 0.3 is 6.18 Å². The molecular formula is C23H29F3N2O. The second-order valence-electron chi connectivity index (χ2n) is 8.61. The maximum atomic E-state index is 14.0. The molecule has 1 atom stereocenters. The fourth-order valence-electron chi connectivity index (χ4n) is 4.01. The van der Waals surface area contributed by atoms with Crippen LogP contribution in [0.3, 0.4) is 0 Å². The number of carbonyl (C=O) groups excluding carboxylic acids is 1. The van der Waals surface area contributed by atoms with Crippen molar-refractivity contribution in [3.63, 3.8) is 0 Å². The smallest absolute Gasteiger partial charge is 0.287 e. The molecule has 2 aromatic carbocycles. The van der Waals surface area contributed by atoms with Gasteiger partial charge in [-0.15, -0.1) is 0 Å². The summed E-state index contributed by atoms with van der Waals surface area (Å²) in [6.07, 6.45) is 0.798. The van der Waals surface area contributed by atoms with E-state index in [0.29, 0.717) is 0 Å². The zero-order chi connectivity index (χ0) is 21.2. The number of aryl methyl sites for hydroxylation is 1. The largest absolute Gasteiger partial charge is 0.409 e. The van der Waals surface area contributed by atoms with Crippen molar-refractivity contribution in [2.24, 2.45) is 5.41 Å². The van der Waals surface area contributed by atoms with Gasteiger partial charge in [0.2, 0.25) is 5.91 Å². The number of amides is 1. The Bertz CT molecular complexity index is 876. The maximum absolute atomic E-state index is 14.0. The average Bonchev–Trinajstić information content (AvgIpc) is 2.90. The van der Waals surface area contributed by atoms with Gasteiger partial charge in [-0.1, -0.05) is 56.5 Å². The van der Waals surface area contributed by atoms with E-state index in [4.69, 9.17) is 0 Å². The van der Waals surface area contributed by atoms with Crippen molar-refractivity contribution in [2.45, 2.75) is 65.1 Å². The molecule has 1 amide bonds. The van der Waals surface area contributed by atoms with E-state index >= 15 is 0 Å². The topological polar surface area (TPSA) is 32.3 Å². The molecule has 158 valence electrons. The fraction of sp³-hybridized carbons (Fsp3) is 0.522. The molecular weight excluding hydrogens is 377 g/mol. The van der Waals surface area contributed by atoms with E-state index in [1.54, 1.807) is 26.0 Å². The molecule has 1 aliphatic rings. The molecule has 1 aliphatic heterocycles. The Morgan fingerprint density at radius 3 is 2.52 bits per heavy atom. The lowest BCUT2D eigenvalue weighted by Crippen LogP contribution is -2.43. The Morgan fingerprint density at radius 2 is 1.90 bits per heavy atom. The summed E-state index contributed by atoms with van der Waals surface area (Å²) in [5.74, 6) is -0.385. The molecule has 3 nitrogen and oxygen atoms in total. The molecule has 0 radical (unpaired) electrons. The zero-order valence-corrected chi connectivity index (χ0v) is 17.3. The van der Waals surface area contributed by atoms with Gasteiger partial charge in [0.15, 0.2) is 0 Å². The number of hydrogen-bond donors (Lipinski definition) is 1. The number of fused-ring (bicyclic) bond motifs is 1. The summed E-state index contributed by atoms with van der Waals surface area (Å²) >= 11 is 0. The molecule has 6 heteroatoms. The minimum absolute atomic E-state index is 0.00666. The third kappa shape index (κ3) is 4.74. The van der Waals surface area contributed by atoms with Gasteiger partial charge in [-0.05, 0) is 54.7 Å². The molecule has 0 aromatic heterocycles. The van der Waals surface area contributed by atoms with Crippen molar-refractivity contribution in [1.82, 2.24) is 10.4 Å². The van der Waals surface area contributed by atoms with E-state index in [2.05, 4.69) is 12.3 Å². The van der Waals surface area contributed by atoms with E-state index in [-0.39, 0.29) is 18.0 Å². The SMILES string of the molecule is CCCCCCc1cccc2ccc(C(N3CC(C)(C)C(=O)N3)C(F)(F)F)cc12. The number of rotatable bonds is 7. The van der Waals surface area contributed by atoms with Crippen LogP contribution in [0.15, 0.2) is 36.4 Å². The predicted octanol–water partition coefficient (Wildman–Crippen LogP) is 5.94. The first-order valence-corrected chi connectivity index (χ1v) is 10.3. The van der Waals surface area contributed by atoms with Gasteiger partial charge in [-0.2, -0.15) is 13.2 Å². The van der Waals surface area contributed by atoms with Crippen LogP contribution >= 0.6 is 0 Å². The fourth-order valence-corrected chi connectivity index (χ4v) is 4.01. The van der Waals surface area contributed by atoms with Crippen LogP contribution in [0, 0.1) is 5.41 Å². The van der Waals surface area contributed by atoms with Crippen LogP contribution in [-0.4, -0.2) is 23.6 Å². The number of hydrazine groups is 1. The molecule has 0 spiro atoms. The summed E-state index contributed by atoms with van der Waals surface area (Å²) in [6, 6.07) is 8.95. The Balaban J connectivity index is 1.96. The molecule has 29 heavy (non-hydrogen) atoms. The zero-order valence-electron chi connectivity index (χ0n) is 17.3. The van der Waals surface area contributed by atoms with Gasteiger partial charge in [-0.25, -0.2) is 5.01 Å². The molecule has 0 bridgehead atoms. The first-order chi connectivity index (χ1) is 13.6. The van der Waals surface area contributed by atoms with Crippen molar-refractivity contribution >= 4 is 16.7 Å². The van der Waals surface area contributed by atoms with Crippen LogP contribution in [-0.2, 0) is 11.2 Å². The van der Waals surface area contributed by atoms with Crippen LogP contribution < -0.4 is 5.43 Å². The number of carbonyl (C=O) groups is 1. The van der Waals surface area contributed by atoms with Crippen molar-refractivity contribution in [2.75, 3.05) is 6.54 Å². The van der Waals surface area contributed by atoms with Gasteiger partial charge in [0.05, 0.1) is 5.41 Å². The number of alkyl halides is 3. The molecule has 0 aliphatic carbocycles. The van der Waals surface area contributed by atoms with Gasteiger partial charge < -0.3 is 0 Å². The summed E-state index contributed by atoms with van der Waals surface area (Å²) in [6.45, 7) is 5.47. The second-order valence-corrected chi connectivity index (χ2v) is 8.61. The molecule has 1 unspecified atom stereocenters. The summed E-state index contributed by atoms with van der Waals surface area (Å²) in [4.78, 5) is 12.1. The average molecular weight is 406 g/mol. The number of nitrogens with one attached hydrogen (secondary N) is 1. The van der Waals surface area contributed by atoms with Crippen molar-refractivity contribution in [3.05, 3.63) is 47.5 Å². The molecule has 2 aromatic rings. The molecule has 1 N–H and O–H groups in total. The highest BCUT2D eigenvalue weighted by Crippen LogP contribution is 2.41. The predicted molar refractivity (Wildman–Crippen MR) is 109 cm³/mol. The maximum Gasteiger partial charge on any atom is 0.409 e. The second kappa shape index (κ2) is 8.34. The lowest BCUT2D eigenvalue weighted by Gasteiger charge is -2.30. The van der Waals surface area contributed by atoms with Crippen LogP contribution in [0.4, 0.5) is 13.2 Å². The van der Waals surface area contributed by atoms with E-state index in [1.807, 2.05) is 18.2 Å². The van der Waals surface area contributed by atoms with E-state index in [9.17, 15) is 18.0 Å². The van der Waals surface area contributed by atoms with Gasteiger partial charge in [0.1, 0.15) is 6.04 Å². The van der Waals surface area contributed by atoms with Gasteiger partial charge in [-0.3, -0.25) is 10.2 Å². The number of hydrogen-bond acceptors (Lipinski definition) is 2. The van der Waals surface area contributed by atoms with E-state index in [1.165, 1.54) is 6.07 Å². The number of benzene rings is 2. The highest BCUT2D eigenvalue weighted by molar-refractivity contribution is 5.87. The minimum atomic E-state index is -4.50. The molecule has 1 heterocycles. The summed E-state index contributed by atoms with van der Waals surface area (Å²) in [5, 5.41) is 2.84. The van der Waals surface area contributed by atoms with Gasteiger partial charge in [0, 0.05) is 6.54 Å². The lowest BCUT2D eigenvalue weighted by atomic mass is 9.93. The van der Waals surface area contributed by atoms with E-state index in [0.717, 1.165) is 53.4 Å². The lowest BCUT2D eigenvalue weighted by molar-refractivity contribution is -0.191. The van der Waals surface area contributed by atoms with Crippen molar-refractivity contribution in [3.8, 4) is 0 Å². The molecule has 0 saturated carbocycles. The Kier molecular flexibility index (Phi) is 6.22. The first-order valence-electron chi connectivity index (χ1n) is 10.3. The molecule has 3 rings (SSSR count). The highest BCUT2D eigenvalue weighted by Gasteiger charge is 2.51. The summed E-state index contributed by atoms with van der Waals surface area (Å²) in [7, 11) is 0. The van der Waals surface area contributed by atoms with Crippen LogP contribution in [0.25, 0.3) is 10.8 Å². The first kappa shape index (κ1) is 21.6. The quantitative estimate of drug-likeness (QED) is 0.577. The Morgan fingerprint density at radius 1 is 1.14 bits per heavy atom. The Hall–Kier alpha value is -2.08. The standard InChI is InChI=1S/C23H29F3N2O/c1-4-5-6-7-9-16-10-8-11-17-12-13-18(14-19(16)17)20(23(24,25)26)28-15-22(2,3)21(29)27-28/h8,10-14,20H,4-7,9,15H2,1-3H3,(H,27,29). The van der Waals surface area contributed by atoms with Crippen LogP contribution in [0.1, 0.15) is 63.6 Å². The third-order valence-corrected chi connectivity index (χ3v) is 5.66. The van der Waals surface area contributed by atoms with Crippen molar-refractivity contribution in [1.29, 1.82) is 0 Å². The molecule has 1 saturated heterocycles. The van der Waals surface area contributed by atoms with E-state index < -0.39 is 17.6 Å². The number of unbranched alkanes of at least 4 members (excludes halogenated alkanes) is 3. The summed E-state index contributed by atoms with van der Waals surface area (Å²) in [5.41, 5.74) is 2.81. The van der Waals surface area contributed by atoms with Gasteiger partial charge in [0.25, 0.3) is 0 Å². The summed E-state index contributed by atoms with van der Waals surface area (Å²) < 4.78 is 42.1. The number of halogens is 3.